The van der Waals surface area contributed by atoms with Gasteiger partial charge in [0.1, 0.15) is 5.75 Å². The molecular weight excluding hydrogens is 292 g/mol. The van der Waals surface area contributed by atoms with Crippen LogP contribution in [0.4, 0.5) is 0 Å². The summed E-state index contributed by atoms with van der Waals surface area (Å²) >= 11 is 0. The maximum absolute atomic E-state index is 12.2. The highest BCUT2D eigenvalue weighted by molar-refractivity contribution is 5.94. The lowest BCUT2D eigenvalue weighted by Gasteiger charge is -2.16. The lowest BCUT2D eigenvalue weighted by atomic mass is 10.2. The molecular formula is C15H23ClN2O3. The van der Waals surface area contributed by atoms with Crippen molar-refractivity contribution in [2.45, 2.75) is 18.9 Å². The molecule has 21 heavy (non-hydrogen) atoms. The van der Waals surface area contributed by atoms with E-state index in [2.05, 4.69) is 0 Å². The van der Waals surface area contributed by atoms with Crippen molar-refractivity contribution in [2.75, 3.05) is 33.4 Å². The Bertz CT molecular complexity index is 439. The fraction of sp³-hybridized carbons (Fsp3) is 0.533. The molecule has 1 atom stereocenters. The number of likely N-dealkylation sites (tertiary alicyclic amines) is 1. The van der Waals surface area contributed by atoms with Crippen molar-refractivity contribution >= 4 is 18.3 Å². The zero-order valence-electron chi connectivity index (χ0n) is 12.3. The van der Waals surface area contributed by atoms with Gasteiger partial charge in [0.2, 0.25) is 0 Å². The van der Waals surface area contributed by atoms with Crippen molar-refractivity contribution in [3.05, 3.63) is 29.8 Å². The Hall–Kier alpha value is -1.30. The average Bonchev–Trinajstić information content (AvgIpc) is 2.90. The van der Waals surface area contributed by atoms with Gasteiger partial charge in [-0.15, -0.1) is 12.4 Å². The third kappa shape index (κ3) is 5.19. The standard InChI is InChI=1S/C15H22N2O3.ClH/c1-19-9-2-10-20-14-5-3-12(4-6-14)15(18)17-8-7-13(16)11-17;/h3-6,13H,2,7-11,16H2,1H3;1H/t13-;/m1./s1. The molecule has 1 amide bonds. The second-order valence-corrected chi connectivity index (χ2v) is 5.02. The fourth-order valence-electron chi connectivity index (χ4n) is 2.24. The summed E-state index contributed by atoms with van der Waals surface area (Å²) in [4.78, 5) is 14.0. The van der Waals surface area contributed by atoms with E-state index in [9.17, 15) is 4.79 Å². The van der Waals surface area contributed by atoms with Crippen LogP contribution in [0.15, 0.2) is 24.3 Å². The van der Waals surface area contributed by atoms with Crippen molar-refractivity contribution in [3.8, 4) is 5.75 Å². The van der Waals surface area contributed by atoms with E-state index in [0.29, 0.717) is 25.3 Å². The number of nitrogens with two attached hydrogens (primary N) is 1. The van der Waals surface area contributed by atoms with E-state index >= 15 is 0 Å². The van der Waals surface area contributed by atoms with E-state index in [1.165, 1.54) is 0 Å². The molecule has 1 aromatic carbocycles. The number of hydrogen-bond donors (Lipinski definition) is 1. The molecule has 1 aliphatic rings. The largest absolute Gasteiger partial charge is 0.494 e. The molecule has 0 saturated carbocycles. The van der Waals surface area contributed by atoms with E-state index in [0.717, 1.165) is 25.1 Å². The number of halogens is 1. The molecule has 1 heterocycles. The van der Waals surface area contributed by atoms with Gasteiger partial charge in [0.05, 0.1) is 6.61 Å². The monoisotopic (exact) mass is 314 g/mol. The van der Waals surface area contributed by atoms with Crippen LogP contribution in [0, 0.1) is 0 Å². The van der Waals surface area contributed by atoms with E-state index in [1.807, 2.05) is 12.1 Å². The summed E-state index contributed by atoms with van der Waals surface area (Å²) in [6.07, 6.45) is 1.73. The zero-order chi connectivity index (χ0) is 14.4. The Kier molecular flexibility index (Phi) is 7.50. The van der Waals surface area contributed by atoms with Crippen LogP contribution in [0.2, 0.25) is 0 Å². The Morgan fingerprint density at radius 1 is 1.33 bits per heavy atom. The summed E-state index contributed by atoms with van der Waals surface area (Å²) < 4.78 is 10.5. The number of rotatable bonds is 6. The highest BCUT2D eigenvalue weighted by Gasteiger charge is 2.24. The average molecular weight is 315 g/mol. The van der Waals surface area contributed by atoms with Gasteiger partial charge in [0, 0.05) is 44.8 Å². The van der Waals surface area contributed by atoms with Gasteiger partial charge >= 0.3 is 0 Å². The van der Waals surface area contributed by atoms with E-state index in [1.54, 1.807) is 24.1 Å². The lowest BCUT2D eigenvalue weighted by Crippen LogP contribution is -2.31. The molecule has 0 aliphatic carbocycles. The molecule has 1 saturated heterocycles. The van der Waals surface area contributed by atoms with Gasteiger partial charge in [-0.2, -0.15) is 0 Å². The molecule has 2 N–H and O–H groups in total. The number of methoxy groups -OCH3 is 1. The third-order valence-electron chi connectivity index (χ3n) is 3.37. The first-order valence-corrected chi connectivity index (χ1v) is 6.97. The predicted octanol–water partition coefficient (Wildman–Crippen LogP) is 1.70. The summed E-state index contributed by atoms with van der Waals surface area (Å²) in [6, 6.07) is 7.38. The second-order valence-electron chi connectivity index (χ2n) is 5.02. The van der Waals surface area contributed by atoms with Crippen molar-refractivity contribution in [1.82, 2.24) is 4.90 Å². The molecule has 0 spiro atoms. The number of ether oxygens (including phenoxy) is 2. The number of amides is 1. The quantitative estimate of drug-likeness (QED) is 0.812. The van der Waals surface area contributed by atoms with E-state index in [4.69, 9.17) is 15.2 Å². The minimum atomic E-state index is 0. The normalized spacial score (nSPS) is 17.4. The maximum atomic E-state index is 12.2. The smallest absolute Gasteiger partial charge is 0.253 e. The zero-order valence-corrected chi connectivity index (χ0v) is 13.1. The molecule has 1 fully saturated rings. The van der Waals surface area contributed by atoms with Gasteiger partial charge in [-0.25, -0.2) is 0 Å². The first-order chi connectivity index (χ1) is 9.70. The number of nitrogens with zero attached hydrogens (tertiary/aromatic N) is 1. The molecule has 5 nitrogen and oxygen atoms in total. The highest BCUT2D eigenvalue weighted by atomic mass is 35.5. The molecule has 0 radical (unpaired) electrons. The predicted molar refractivity (Wildman–Crippen MR) is 84.2 cm³/mol. The maximum Gasteiger partial charge on any atom is 0.253 e. The molecule has 1 aliphatic heterocycles. The molecule has 2 rings (SSSR count). The molecule has 6 heteroatoms. The first-order valence-electron chi connectivity index (χ1n) is 6.97. The van der Waals surface area contributed by atoms with Gasteiger partial charge < -0.3 is 20.1 Å². The number of carbonyl (C=O) groups is 1. The number of hydrogen-bond acceptors (Lipinski definition) is 4. The Morgan fingerprint density at radius 2 is 2.05 bits per heavy atom. The van der Waals surface area contributed by atoms with Crippen LogP contribution in [0.1, 0.15) is 23.2 Å². The molecule has 0 aromatic heterocycles. The fourth-order valence-corrected chi connectivity index (χ4v) is 2.24. The van der Waals surface area contributed by atoms with Gasteiger partial charge in [0.15, 0.2) is 0 Å². The molecule has 0 bridgehead atoms. The van der Waals surface area contributed by atoms with Crippen LogP contribution < -0.4 is 10.5 Å². The van der Waals surface area contributed by atoms with Crippen LogP contribution in [-0.2, 0) is 4.74 Å². The van der Waals surface area contributed by atoms with Crippen LogP contribution in [0.25, 0.3) is 0 Å². The summed E-state index contributed by atoms with van der Waals surface area (Å²) in [5.74, 6) is 0.819. The first kappa shape index (κ1) is 17.8. The van der Waals surface area contributed by atoms with Gasteiger partial charge in [-0.1, -0.05) is 0 Å². The summed E-state index contributed by atoms with van der Waals surface area (Å²) in [5.41, 5.74) is 6.50. The van der Waals surface area contributed by atoms with Crippen molar-refractivity contribution in [3.63, 3.8) is 0 Å². The number of carbonyl (C=O) groups excluding carboxylic acids is 1. The summed E-state index contributed by atoms with van der Waals surface area (Å²) in [6.45, 7) is 2.69. The van der Waals surface area contributed by atoms with E-state index < -0.39 is 0 Å². The molecule has 0 unspecified atom stereocenters. The van der Waals surface area contributed by atoms with Crippen LogP contribution in [0.3, 0.4) is 0 Å². The van der Waals surface area contributed by atoms with Crippen molar-refractivity contribution < 1.29 is 14.3 Å². The molecule has 118 valence electrons. The van der Waals surface area contributed by atoms with Crippen LogP contribution >= 0.6 is 12.4 Å². The highest BCUT2D eigenvalue weighted by Crippen LogP contribution is 2.16. The Labute approximate surface area is 131 Å². The topological polar surface area (TPSA) is 64.8 Å². The minimum absolute atomic E-state index is 0. The minimum Gasteiger partial charge on any atom is -0.494 e. The van der Waals surface area contributed by atoms with Crippen LogP contribution in [0.5, 0.6) is 5.75 Å². The molecule has 1 aromatic rings. The van der Waals surface area contributed by atoms with Gasteiger partial charge in [0.25, 0.3) is 5.91 Å². The van der Waals surface area contributed by atoms with Crippen molar-refractivity contribution in [2.24, 2.45) is 5.73 Å². The van der Waals surface area contributed by atoms with Crippen molar-refractivity contribution in [1.29, 1.82) is 0 Å². The Balaban J connectivity index is 0.00000220. The van der Waals surface area contributed by atoms with Crippen LogP contribution in [-0.4, -0.2) is 50.3 Å². The summed E-state index contributed by atoms with van der Waals surface area (Å²) in [7, 11) is 1.67. The third-order valence-corrected chi connectivity index (χ3v) is 3.37. The Morgan fingerprint density at radius 3 is 2.62 bits per heavy atom. The SMILES string of the molecule is COCCCOc1ccc(C(=O)N2CC[C@@H](N)C2)cc1.Cl. The second kappa shape index (κ2) is 8.87. The van der Waals surface area contributed by atoms with E-state index in [-0.39, 0.29) is 24.4 Å². The summed E-state index contributed by atoms with van der Waals surface area (Å²) in [5, 5.41) is 0. The van der Waals surface area contributed by atoms with Gasteiger partial charge in [-0.05, 0) is 30.7 Å². The number of benzene rings is 1. The van der Waals surface area contributed by atoms with Gasteiger partial charge in [-0.3, -0.25) is 4.79 Å². The lowest BCUT2D eigenvalue weighted by molar-refractivity contribution is 0.0791.